The van der Waals surface area contributed by atoms with Gasteiger partial charge in [-0.3, -0.25) is 0 Å². The summed E-state index contributed by atoms with van der Waals surface area (Å²) < 4.78 is 2.26. The third-order valence-electron chi connectivity index (χ3n) is 3.71. The summed E-state index contributed by atoms with van der Waals surface area (Å²) in [5.41, 5.74) is 9.13. The van der Waals surface area contributed by atoms with Crippen molar-refractivity contribution in [3.63, 3.8) is 0 Å². The van der Waals surface area contributed by atoms with Crippen LogP contribution in [0.25, 0.3) is 11.0 Å². The quantitative estimate of drug-likeness (QED) is 0.779. The van der Waals surface area contributed by atoms with Gasteiger partial charge >= 0.3 is 0 Å². The molecule has 0 bridgehead atoms. The molecular formula is C17H20N4. The number of imidazole rings is 1. The molecule has 0 spiro atoms. The molecular weight excluding hydrogens is 260 g/mol. The molecule has 2 aromatic heterocycles. The van der Waals surface area contributed by atoms with Crippen LogP contribution in [0.2, 0.25) is 0 Å². The van der Waals surface area contributed by atoms with Crippen molar-refractivity contribution in [2.45, 2.75) is 32.7 Å². The minimum Gasteiger partial charge on any atom is -0.382 e. The fourth-order valence-electron chi connectivity index (χ4n) is 2.59. The molecule has 1 aromatic carbocycles. The first-order chi connectivity index (χ1) is 10.3. The van der Waals surface area contributed by atoms with E-state index in [1.807, 2.05) is 12.1 Å². The summed E-state index contributed by atoms with van der Waals surface area (Å²) in [6.07, 6.45) is 5.01. The summed E-state index contributed by atoms with van der Waals surface area (Å²) in [5.74, 6) is 1.60. The Morgan fingerprint density at radius 3 is 2.71 bits per heavy atom. The fourth-order valence-corrected chi connectivity index (χ4v) is 2.59. The van der Waals surface area contributed by atoms with Crippen molar-refractivity contribution in [2.24, 2.45) is 0 Å². The Hall–Kier alpha value is -2.36. The van der Waals surface area contributed by atoms with Crippen molar-refractivity contribution in [1.29, 1.82) is 0 Å². The molecule has 3 aromatic rings. The molecule has 2 N–H and O–H groups in total. The van der Waals surface area contributed by atoms with Crippen LogP contribution in [0.4, 0.5) is 5.82 Å². The third kappa shape index (κ3) is 2.75. The van der Waals surface area contributed by atoms with Crippen LogP contribution in [0, 0.1) is 0 Å². The second kappa shape index (κ2) is 5.95. The molecule has 4 heteroatoms. The number of pyridine rings is 1. The Bertz CT molecular complexity index is 731. The van der Waals surface area contributed by atoms with Crippen LogP contribution in [-0.4, -0.2) is 14.5 Å². The zero-order valence-corrected chi connectivity index (χ0v) is 12.3. The van der Waals surface area contributed by atoms with E-state index in [0.29, 0.717) is 5.82 Å². The molecule has 0 amide bonds. The van der Waals surface area contributed by atoms with E-state index in [4.69, 9.17) is 10.7 Å². The smallest absolute Gasteiger partial charge is 0.151 e. The highest BCUT2D eigenvalue weighted by molar-refractivity contribution is 5.85. The molecule has 3 rings (SSSR count). The van der Waals surface area contributed by atoms with Gasteiger partial charge in [0.2, 0.25) is 0 Å². The lowest BCUT2D eigenvalue weighted by molar-refractivity contribution is 0.690. The highest BCUT2D eigenvalue weighted by atomic mass is 15.1. The highest BCUT2D eigenvalue weighted by Gasteiger charge is 2.13. The maximum absolute atomic E-state index is 5.97. The number of unbranched alkanes of at least 4 members (excludes halogenated alkanes) is 1. The van der Waals surface area contributed by atoms with Gasteiger partial charge in [-0.15, -0.1) is 0 Å². The number of rotatable bonds is 5. The molecule has 0 unspecified atom stereocenters. The topological polar surface area (TPSA) is 56.7 Å². The molecule has 108 valence electrons. The van der Waals surface area contributed by atoms with Crippen LogP contribution in [0.15, 0.2) is 42.6 Å². The van der Waals surface area contributed by atoms with Gasteiger partial charge in [-0.05, 0) is 18.1 Å². The van der Waals surface area contributed by atoms with Gasteiger partial charge in [0.15, 0.2) is 5.82 Å². The number of hydrogen-bond donors (Lipinski definition) is 1. The van der Waals surface area contributed by atoms with Gasteiger partial charge in [0.25, 0.3) is 0 Å². The van der Waals surface area contributed by atoms with Crippen molar-refractivity contribution in [3.8, 4) is 0 Å². The second-order valence-electron chi connectivity index (χ2n) is 5.27. The molecule has 0 saturated heterocycles. The maximum atomic E-state index is 5.97. The van der Waals surface area contributed by atoms with E-state index in [0.717, 1.165) is 42.7 Å². The number of nitrogens with two attached hydrogens (primary N) is 1. The Labute approximate surface area is 124 Å². The largest absolute Gasteiger partial charge is 0.382 e. The number of nitrogen functional groups attached to an aromatic ring is 1. The molecule has 0 aliphatic rings. The van der Waals surface area contributed by atoms with Crippen LogP contribution in [-0.2, 0) is 13.0 Å². The molecule has 0 aliphatic heterocycles. The van der Waals surface area contributed by atoms with E-state index in [1.54, 1.807) is 6.20 Å². The Kier molecular flexibility index (Phi) is 3.86. The van der Waals surface area contributed by atoms with E-state index in [2.05, 4.69) is 40.7 Å². The SMILES string of the molecule is CCCCc1nc2c(N)nccc2n1Cc1ccccc1. The molecule has 0 atom stereocenters. The van der Waals surface area contributed by atoms with Crippen molar-refractivity contribution in [1.82, 2.24) is 14.5 Å². The lowest BCUT2D eigenvalue weighted by Crippen LogP contribution is -2.05. The van der Waals surface area contributed by atoms with Crippen molar-refractivity contribution >= 4 is 16.9 Å². The number of aryl methyl sites for hydroxylation is 1. The van der Waals surface area contributed by atoms with Gasteiger partial charge in [0.1, 0.15) is 11.3 Å². The summed E-state index contributed by atoms with van der Waals surface area (Å²) in [6.45, 7) is 3.01. The fraction of sp³-hybridized carbons (Fsp3) is 0.294. The normalized spacial score (nSPS) is 11.1. The zero-order chi connectivity index (χ0) is 14.7. The van der Waals surface area contributed by atoms with E-state index in [9.17, 15) is 0 Å². The number of nitrogens with zero attached hydrogens (tertiary/aromatic N) is 3. The molecule has 4 nitrogen and oxygen atoms in total. The second-order valence-corrected chi connectivity index (χ2v) is 5.27. The van der Waals surface area contributed by atoms with Crippen LogP contribution in [0.3, 0.4) is 0 Å². The standard InChI is InChI=1S/C17H20N4/c1-2-3-9-15-20-16-14(10-11-19-17(16)18)21(15)12-13-7-5-4-6-8-13/h4-8,10-11H,2-3,9,12H2,1H3,(H2,18,19). The minimum atomic E-state index is 0.511. The lowest BCUT2D eigenvalue weighted by Gasteiger charge is -2.09. The third-order valence-corrected chi connectivity index (χ3v) is 3.71. The van der Waals surface area contributed by atoms with Crippen molar-refractivity contribution < 1.29 is 0 Å². The first-order valence-electron chi connectivity index (χ1n) is 7.43. The van der Waals surface area contributed by atoms with E-state index in [1.165, 1.54) is 5.56 Å². The Balaban J connectivity index is 2.07. The Morgan fingerprint density at radius 2 is 1.95 bits per heavy atom. The molecule has 0 radical (unpaired) electrons. The first-order valence-corrected chi connectivity index (χ1v) is 7.43. The lowest BCUT2D eigenvalue weighted by atomic mass is 10.2. The van der Waals surface area contributed by atoms with Gasteiger partial charge in [-0.2, -0.15) is 0 Å². The molecule has 0 saturated carbocycles. The predicted octanol–water partition coefficient (Wildman–Crippen LogP) is 3.40. The minimum absolute atomic E-state index is 0.511. The van der Waals surface area contributed by atoms with E-state index >= 15 is 0 Å². The molecule has 0 fully saturated rings. The van der Waals surface area contributed by atoms with Crippen LogP contribution in [0.1, 0.15) is 31.2 Å². The van der Waals surface area contributed by atoms with Gasteiger partial charge in [-0.1, -0.05) is 43.7 Å². The number of hydrogen-bond acceptors (Lipinski definition) is 3. The summed E-state index contributed by atoms with van der Waals surface area (Å²) >= 11 is 0. The summed E-state index contributed by atoms with van der Waals surface area (Å²) in [7, 11) is 0. The first kappa shape index (κ1) is 13.6. The van der Waals surface area contributed by atoms with Gasteiger partial charge in [-0.25, -0.2) is 9.97 Å². The van der Waals surface area contributed by atoms with Crippen LogP contribution < -0.4 is 5.73 Å². The predicted molar refractivity (Wildman–Crippen MR) is 86.1 cm³/mol. The average Bonchev–Trinajstić information content (AvgIpc) is 2.86. The van der Waals surface area contributed by atoms with Crippen LogP contribution in [0.5, 0.6) is 0 Å². The monoisotopic (exact) mass is 280 g/mol. The molecule has 21 heavy (non-hydrogen) atoms. The summed E-state index contributed by atoms with van der Waals surface area (Å²) in [5, 5.41) is 0. The zero-order valence-electron chi connectivity index (χ0n) is 12.3. The van der Waals surface area contributed by atoms with Gasteiger partial charge < -0.3 is 10.3 Å². The molecule has 2 heterocycles. The Morgan fingerprint density at radius 1 is 1.14 bits per heavy atom. The van der Waals surface area contributed by atoms with Gasteiger partial charge in [0.05, 0.1) is 5.52 Å². The highest BCUT2D eigenvalue weighted by Crippen LogP contribution is 2.22. The maximum Gasteiger partial charge on any atom is 0.151 e. The number of anilines is 1. The summed E-state index contributed by atoms with van der Waals surface area (Å²) in [6, 6.07) is 12.4. The van der Waals surface area contributed by atoms with Gasteiger partial charge in [0, 0.05) is 19.2 Å². The number of fused-ring (bicyclic) bond motifs is 1. The van der Waals surface area contributed by atoms with Crippen molar-refractivity contribution in [2.75, 3.05) is 5.73 Å². The summed E-state index contributed by atoms with van der Waals surface area (Å²) in [4.78, 5) is 8.87. The average molecular weight is 280 g/mol. The van der Waals surface area contributed by atoms with Crippen LogP contribution >= 0.6 is 0 Å². The van der Waals surface area contributed by atoms with E-state index in [-0.39, 0.29) is 0 Å². The number of aromatic nitrogens is 3. The molecule has 0 aliphatic carbocycles. The van der Waals surface area contributed by atoms with Crippen molar-refractivity contribution in [3.05, 3.63) is 54.0 Å². The van der Waals surface area contributed by atoms with E-state index < -0.39 is 0 Å². The number of benzene rings is 1.